The van der Waals surface area contributed by atoms with Crippen LogP contribution < -0.4 is 10.2 Å². The summed E-state index contributed by atoms with van der Waals surface area (Å²) in [5.41, 5.74) is 0. The van der Waals surface area contributed by atoms with Crippen LogP contribution in [-0.4, -0.2) is 11.9 Å². The first-order valence-electron chi connectivity index (χ1n) is 5.02. The van der Waals surface area contributed by atoms with Crippen molar-refractivity contribution in [1.82, 2.24) is 0 Å². The van der Waals surface area contributed by atoms with Crippen LogP contribution >= 0.6 is 0 Å². The fraction of sp³-hybridized carbons (Fsp3) is 0.800. The fourth-order valence-electron chi connectivity index (χ4n) is 1.25. The summed E-state index contributed by atoms with van der Waals surface area (Å²) in [7, 11) is 0. The van der Waals surface area contributed by atoms with Gasteiger partial charge in [0.15, 0.2) is 0 Å². The second-order valence-electron chi connectivity index (χ2n) is 3.37. The molecule has 1 radical (unpaired) electrons. The standard InChI is InChI=1S/C10H18O4.Mn/c11-9(12)7-5-3-1-2-4-6-8-10(13)14;/h1-8H2,(H,11,12)(H,13,14);/q;+2/p-2. The Morgan fingerprint density at radius 3 is 1.20 bits per heavy atom. The number of carbonyl (C=O) groups is 2. The Bertz CT molecular complexity index is 162. The minimum Gasteiger partial charge on any atom is -0.550 e. The van der Waals surface area contributed by atoms with E-state index in [4.69, 9.17) is 0 Å². The number of hydrogen-bond acceptors (Lipinski definition) is 4. The molecule has 0 aromatic carbocycles. The van der Waals surface area contributed by atoms with E-state index in [0.29, 0.717) is 12.8 Å². The van der Waals surface area contributed by atoms with Crippen molar-refractivity contribution < 1.29 is 36.9 Å². The minimum atomic E-state index is -0.998. The van der Waals surface area contributed by atoms with E-state index in [9.17, 15) is 19.8 Å². The minimum absolute atomic E-state index is 0. The Morgan fingerprint density at radius 2 is 0.933 bits per heavy atom. The third-order valence-electron chi connectivity index (χ3n) is 2.01. The maximum atomic E-state index is 10.0. The van der Waals surface area contributed by atoms with Crippen LogP contribution in [0.3, 0.4) is 0 Å². The van der Waals surface area contributed by atoms with Gasteiger partial charge in [-0.15, -0.1) is 0 Å². The molecular formula is C10H16MnO4. The number of carbonyl (C=O) groups excluding carboxylic acids is 2. The molecule has 0 aromatic heterocycles. The van der Waals surface area contributed by atoms with Crippen molar-refractivity contribution in [3.05, 3.63) is 0 Å². The van der Waals surface area contributed by atoms with E-state index in [-0.39, 0.29) is 29.9 Å². The third kappa shape index (κ3) is 16.2. The Balaban J connectivity index is 0. The molecule has 0 bridgehead atoms. The quantitative estimate of drug-likeness (QED) is 0.415. The van der Waals surface area contributed by atoms with E-state index < -0.39 is 11.9 Å². The third-order valence-corrected chi connectivity index (χ3v) is 2.01. The van der Waals surface area contributed by atoms with Gasteiger partial charge in [0.2, 0.25) is 0 Å². The van der Waals surface area contributed by atoms with Crippen LogP contribution in [0.1, 0.15) is 51.4 Å². The average molecular weight is 255 g/mol. The normalized spacial score (nSPS) is 9.33. The number of hydrogen-bond donors (Lipinski definition) is 0. The molecule has 0 saturated heterocycles. The molecule has 15 heavy (non-hydrogen) atoms. The molecule has 0 fully saturated rings. The Labute approximate surface area is 101 Å². The molecule has 0 saturated carbocycles. The molecule has 0 rings (SSSR count). The zero-order valence-electron chi connectivity index (χ0n) is 8.67. The van der Waals surface area contributed by atoms with E-state index in [1.165, 1.54) is 0 Å². The SMILES string of the molecule is O=C([O-])CCCCCCCCC(=O)[O-].[Mn+2]. The molecule has 0 aromatic rings. The zero-order chi connectivity index (χ0) is 10.8. The van der Waals surface area contributed by atoms with Gasteiger partial charge in [0.25, 0.3) is 0 Å². The number of unbranched alkanes of at least 4 members (excludes halogenated alkanes) is 5. The van der Waals surface area contributed by atoms with Crippen LogP contribution in [0.15, 0.2) is 0 Å². The summed E-state index contributed by atoms with van der Waals surface area (Å²) in [6.07, 6.45) is 5.23. The van der Waals surface area contributed by atoms with Gasteiger partial charge in [-0.25, -0.2) is 0 Å². The Morgan fingerprint density at radius 1 is 0.667 bits per heavy atom. The predicted octanol–water partition coefficient (Wildman–Crippen LogP) is -0.396. The number of carboxylic acid groups (broad SMARTS) is 2. The van der Waals surface area contributed by atoms with Crippen LogP contribution in [-0.2, 0) is 26.7 Å². The molecule has 0 unspecified atom stereocenters. The zero-order valence-corrected chi connectivity index (χ0v) is 9.85. The first kappa shape index (κ1) is 16.9. The Hall–Kier alpha value is -0.541. The van der Waals surface area contributed by atoms with Crippen molar-refractivity contribution in [2.24, 2.45) is 0 Å². The van der Waals surface area contributed by atoms with Crippen molar-refractivity contribution in [3.8, 4) is 0 Å². The first-order valence-corrected chi connectivity index (χ1v) is 5.02. The maximum Gasteiger partial charge on any atom is 2.00 e. The van der Waals surface area contributed by atoms with E-state index in [2.05, 4.69) is 0 Å². The Kier molecular flexibility index (Phi) is 13.0. The number of carboxylic acids is 2. The summed E-state index contributed by atoms with van der Waals surface area (Å²) in [6.45, 7) is 0. The molecule has 0 aliphatic carbocycles. The number of aliphatic carboxylic acids is 2. The average Bonchev–Trinajstić information content (AvgIpc) is 2.08. The van der Waals surface area contributed by atoms with Gasteiger partial charge in [-0.3, -0.25) is 0 Å². The number of rotatable bonds is 9. The van der Waals surface area contributed by atoms with E-state index >= 15 is 0 Å². The maximum absolute atomic E-state index is 10.0. The summed E-state index contributed by atoms with van der Waals surface area (Å²) in [5.74, 6) is -2.00. The summed E-state index contributed by atoms with van der Waals surface area (Å²) in [5, 5.41) is 20.1. The van der Waals surface area contributed by atoms with Crippen LogP contribution in [0.2, 0.25) is 0 Å². The molecule has 5 heteroatoms. The molecule has 0 atom stereocenters. The first-order chi connectivity index (χ1) is 6.63. The molecule has 0 amide bonds. The molecule has 0 spiro atoms. The second-order valence-corrected chi connectivity index (χ2v) is 3.37. The largest absolute Gasteiger partial charge is 2.00 e. The smallest absolute Gasteiger partial charge is 0.550 e. The van der Waals surface area contributed by atoms with Gasteiger partial charge in [-0.1, -0.05) is 25.7 Å². The van der Waals surface area contributed by atoms with Gasteiger partial charge in [0.1, 0.15) is 0 Å². The summed E-state index contributed by atoms with van der Waals surface area (Å²) < 4.78 is 0. The van der Waals surface area contributed by atoms with Gasteiger partial charge in [-0.05, 0) is 25.7 Å². The predicted molar refractivity (Wildman–Crippen MR) is 47.0 cm³/mol. The van der Waals surface area contributed by atoms with Gasteiger partial charge in [-0.2, -0.15) is 0 Å². The molecule has 87 valence electrons. The van der Waals surface area contributed by atoms with Crippen molar-refractivity contribution in [2.75, 3.05) is 0 Å². The van der Waals surface area contributed by atoms with Crippen molar-refractivity contribution in [1.29, 1.82) is 0 Å². The molecule has 0 heterocycles. The molecule has 0 N–H and O–H groups in total. The fourth-order valence-corrected chi connectivity index (χ4v) is 1.25. The topological polar surface area (TPSA) is 80.3 Å². The molecule has 0 aliphatic rings. The molecule has 4 nitrogen and oxygen atoms in total. The van der Waals surface area contributed by atoms with E-state index in [1.54, 1.807) is 0 Å². The molecular weight excluding hydrogens is 239 g/mol. The van der Waals surface area contributed by atoms with E-state index in [0.717, 1.165) is 25.7 Å². The van der Waals surface area contributed by atoms with Gasteiger partial charge in [0.05, 0.1) is 0 Å². The van der Waals surface area contributed by atoms with Crippen molar-refractivity contribution >= 4 is 11.9 Å². The summed E-state index contributed by atoms with van der Waals surface area (Å²) in [4.78, 5) is 20.1. The van der Waals surface area contributed by atoms with Gasteiger partial charge >= 0.3 is 17.1 Å². The summed E-state index contributed by atoms with van der Waals surface area (Å²) >= 11 is 0. The van der Waals surface area contributed by atoms with Crippen molar-refractivity contribution in [2.45, 2.75) is 51.4 Å². The molecule has 0 aliphatic heterocycles. The summed E-state index contributed by atoms with van der Waals surface area (Å²) in [6, 6.07) is 0. The van der Waals surface area contributed by atoms with Crippen LogP contribution in [0.25, 0.3) is 0 Å². The van der Waals surface area contributed by atoms with Crippen molar-refractivity contribution in [3.63, 3.8) is 0 Å². The van der Waals surface area contributed by atoms with Crippen LogP contribution in [0.4, 0.5) is 0 Å². The van der Waals surface area contributed by atoms with E-state index in [1.807, 2.05) is 0 Å². The second kappa shape index (κ2) is 11.5. The van der Waals surface area contributed by atoms with Crippen LogP contribution in [0.5, 0.6) is 0 Å². The van der Waals surface area contributed by atoms with Gasteiger partial charge < -0.3 is 19.8 Å². The monoisotopic (exact) mass is 255 g/mol. The van der Waals surface area contributed by atoms with Crippen LogP contribution in [0, 0.1) is 0 Å². The van der Waals surface area contributed by atoms with Gasteiger partial charge in [0, 0.05) is 11.9 Å².